The van der Waals surface area contributed by atoms with Crippen molar-refractivity contribution in [3.63, 3.8) is 0 Å². The van der Waals surface area contributed by atoms with Crippen molar-refractivity contribution < 1.29 is 0 Å². The lowest BCUT2D eigenvalue weighted by Gasteiger charge is -2.11. The third-order valence-corrected chi connectivity index (χ3v) is 3.92. The molecule has 2 rings (SSSR count). The van der Waals surface area contributed by atoms with Gasteiger partial charge in [0.25, 0.3) is 0 Å². The maximum atomic E-state index is 3.58. The average Bonchev–Trinajstić information content (AvgIpc) is 2.47. The van der Waals surface area contributed by atoms with E-state index in [1.165, 1.54) is 32.7 Å². The number of aryl methyl sites for hydroxylation is 3. The lowest BCUT2D eigenvalue weighted by molar-refractivity contribution is 0.959. The molecule has 0 radical (unpaired) electrons. The molecule has 84 valence electrons. The molecule has 1 aromatic heterocycles. The van der Waals surface area contributed by atoms with Crippen LogP contribution in [0.2, 0.25) is 0 Å². The molecule has 0 unspecified atom stereocenters. The van der Waals surface area contributed by atoms with Gasteiger partial charge in [-0.25, -0.2) is 0 Å². The molecule has 1 nitrogen and oxygen atoms in total. The molecule has 2 heteroatoms. The molecule has 0 N–H and O–H groups in total. The highest BCUT2D eigenvalue weighted by Gasteiger charge is 2.08. The van der Waals surface area contributed by atoms with Gasteiger partial charge in [-0.3, -0.25) is 0 Å². The number of halogens is 1. The van der Waals surface area contributed by atoms with Crippen molar-refractivity contribution in [3.05, 3.63) is 51.3 Å². The summed E-state index contributed by atoms with van der Waals surface area (Å²) in [5.41, 5.74) is 6.42. The molecule has 0 fully saturated rings. The third kappa shape index (κ3) is 1.82. The summed E-state index contributed by atoms with van der Waals surface area (Å²) < 4.78 is 3.44. The summed E-state index contributed by atoms with van der Waals surface area (Å²) in [7, 11) is 0. The van der Waals surface area contributed by atoms with Crippen LogP contribution in [0.15, 0.2) is 28.7 Å². The van der Waals surface area contributed by atoms with Crippen LogP contribution < -0.4 is 0 Å². The van der Waals surface area contributed by atoms with E-state index in [-0.39, 0.29) is 0 Å². The normalized spacial score (nSPS) is 10.8. The van der Waals surface area contributed by atoms with Gasteiger partial charge in [0.15, 0.2) is 0 Å². The zero-order valence-corrected chi connectivity index (χ0v) is 11.7. The first-order chi connectivity index (χ1) is 7.50. The van der Waals surface area contributed by atoms with Gasteiger partial charge in [-0.1, -0.05) is 6.07 Å². The summed E-state index contributed by atoms with van der Waals surface area (Å²) in [6.45, 7) is 8.56. The summed E-state index contributed by atoms with van der Waals surface area (Å²) in [6, 6.07) is 8.75. The Bertz CT molecular complexity index is 538. The molecular weight excluding hydrogens is 262 g/mol. The Morgan fingerprint density at radius 3 is 2.12 bits per heavy atom. The van der Waals surface area contributed by atoms with E-state index in [9.17, 15) is 0 Å². The minimum absolute atomic E-state index is 1.17. The molecule has 1 aromatic carbocycles. The third-order valence-electron chi connectivity index (χ3n) is 3.12. The minimum atomic E-state index is 1.17. The predicted molar refractivity (Wildman–Crippen MR) is 72.4 cm³/mol. The van der Waals surface area contributed by atoms with Crippen LogP contribution in [-0.4, -0.2) is 4.57 Å². The summed E-state index contributed by atoms with van der Waals surface area (Å²) in [6.07, 6.45) is 0. The number of nitrogens with zero attached hydrogens (tertiary/aromatic N) is 1. The number of hydrogen-bond acceptors (Lipinski definition) is 0. The molecule has 0 bridgehead atoms. The summed E-state index contributed by atoms with van der Waals surface area (Å²) in [4.78, 5) is 0. The van der Waals surface area contributed by atoms with E-state index in [0.29, 0.717) is 0 Å². The molecule has 16 heavy (non-hydrogen) atoms. The average molecular weight is 278 g/mol. The lowest BCUT2D eigenvalue weighted by atomic mass is 10.1. The molecule has 0 aliphatic heterocycles. The van der Waals surface area contributed by atoms with Crippen LogP contribution in [0.1, 0.15) is 22.5 Å². The van der Waals surface area contributed by atoms with Crippen LogP contribution in [0.5, 0.6) is 0 Å². The molecule has 0 aliphatic carbocycles. The van der Waals surface area contributed by atoms with Crippen LogP contribution in [0.25, 0.3) is 5.69 Å². The zero-order chi connectivity index (χ0) is 11.9. The second kappa shape index (κ2) is 4.10. The molecule has 0 amide bonds. The molecular formula is C14H16BrN. The van der Waals surface area contributed by atoms with Crippen LogP contribution in [-0.2, 0) is 0 Å². The Hall–Kier alpha value is -1.02. The minimum Gasteiger partial charge on any atom is -0.317 e. The molecule has 0 spiro atoms. The summed E-state index contributed by atoms with van der Waals surface area (Å²) in [5.74, 6) is 0. The van der Waals surface area contributed by atoms with E-state index in [1.807, 2.05) is 0 Å². The summed E-state index contributed by atoms with van der Waals surface area (Å²) >= 11 is 3.58. The Kier molecular flexibility index (Phi) is 2.94. The van der Waals surface area contributed by atoms with E-state index < -0.39 is 0 Å². The van der Waals surface area contributed by atoms with Gasteiger partial charge in [0.1, 0.15) is 0 Å². The Morgan fingerprint density at radius 1 is 0.938 bits per heavy atom. The monoisotopic (exact) mass is 277 g/mol. The van der Waals surface area contributed by atoms with Crippen molar-refractivity contribution in [2.45, 2.75) is 27.7 Å². The van der Waals surface area contributed by atoms with Crippen LogP contribution in [0.4, 0.5) is 0 Å². The maximum Gasteiger partial charge on any atom is 0.0458 e. The fraction of sp³-hybridized carbons (Fsp3) is 0.286. The standard InChI is InChI=1S/C14H16BrN/c1-9-5-6-13(7-10(9)2)16-11(3)8-14(15)12(16)4/h5-8H,1-4H3. The van der Waals surface area contributed by atoms with E-state index in [1.54, 1.807) is 0 Å². The van der Waals surface area contributed by atoms with Crippen molar-refractivity contribution in [1.29, 1.82) is 0 Å². The number of rotatable bonds is 1. The van der Waals surface area contributed by atoms with E-state index in [0.717, 1.165) is 0 Å². The molecule has 0 saturated heterocycles. The number of hydrogen-bond donors (Lipinski definition) is 0. The van der Waals surface area contributed by atoms with Crippen LogP contribution in [0.3, 0.4) is 0 Å². The van der Waals surface area contributed by atoms with Crippen molar-refractivity contribution >= 4 is 15.9 Å². The van der Waals surface area contributed by atoms with E-state index >= 15 is 0 Å². The second-order valence-electron chi connectivity index (χ2n) is 4.32. The predicted octanol–water partition coefficient (Wildman–Crippen LogP) is 4.47. The van der Waals surface area contributed by atoms with Gasteiger partial charge in [-0.2, -0.15) is 0 Å². The molecule has 1 heterocycles. The van der Waals surface area contributed by atoms with Gasteiger partial charge in [-0.05, 0) is 73.0 Å². The number of aromatic nitrogens is 1. The van der Waals surface area contributed by atoms with E-state index in [4.69, 9.17) is 0 Å². The highest BCUT2D eigenvalue weighted by molar-refractivity contribution is 9.10. The van der Waals surface area contributed by atoms with Crippen molar-refractivity contribution in [2.75, 3.05) is 0 Å². The molecule has 0 atom stereocenters. The van der Waals surface area contributed by atoms with E-state index in [2.05, 4.69) is 72.5 Å². The molecule has 0 saturated carbocycles. The largest absolute Gasteiger partial charge is 0.317 e. The highest BCUT2D eigenvalue weighted by atomic mass is 79.9. The van der Waals surface area contributed by atoms with Crippen molar-refractivity contribution in [3.8, 4) is 5.69 Å². The zero-order valence-electron chi connectivity index (χ0n) is 10.1. The van der Waals surface area contributed by atoms with Crippen LogP contribution >= 0.6 is 15.9 Å². The van der Waals surface area contributed by atoms with Gasteiger partial charge in [-0.15, -0.1) is 0 Å². The first-order valence-corrected chi connectivity index (χ1v) is 6.22. The van der Waals surface area contributed by atoms with Crippen LogP contribution in [0, 0.1) is 27.7 Å². The second-order valence-corrected chi connectivity index (χ2v) is 5.18. The maximum absolute atomic E-state index is 3.58. The topological polar surface area (TPSA) is 4.93 Å². The van der Waals surface area contributed by atoms with Gasteiger partial charge in [0, 0.05) is 21.5 Å². The van der Waals surface area contributed by atoms with Crippen molar-refractivity contribution in [1.82, 2.24) is 4.57 Å². The summed E-state index contributed by atoms with van der Waals surface area (Å²) in [5, 5.41) is 0. The first-order valence-electron chi connectivity index (χ1n) is 5.43. The SMILES string of the molecule is Cc1ccc(-n2c(C)cc(Br)c2C)cc1C. The Labute approximate surface area is 105 Å². The number of benzene rings is 1. The molecule has 0 aliphatic rings. The van der Waals surface area contributed by atoms with Gasteiger partial charge in [0.2, 0.25) is 0 Å². The smallest absolute Gasteiger partial charge is 0.0458 e. The molecule has 2 aromatic rings. The van der Waals surface area contributed by atoms with Gasteiger partial charge < -0.3 is 4.57 Å². The Balaban J connectivity index is 2.63. The van der Waals surface area contributed by atoms with Gasteiger partial charge in [0.05, 0.1) is 0 Å². The highest BCUT2D eigenvalue weighted by Crippen LogP contribution is 2.25. The lowest BCUT2D eigenvalue weighted by Crippen LogP contribution is -1.99. The quantitative estimate of drug-likeness (QED) is 0.725. The Morgan fingerprint density at radius 2 is 1.62 bits per heavy atom. The fourth-order valence-corrected chi connectivity index (χ4v) is 2.49. The first kappa shape index (κ1) is 11.5. The van der Waals surface area contributed by atoms with Crippen molar-refractivity contribution in [2.24, 2.45) is 0 Å². The fourth-order valence-electron chi connectivity index (χ4n) is 1.99. The van der Waals surface area contributed by atoms with Gasteiger partial charge >= 0.3 is 0 Å².